The maximum Gasteiger partial charge on any atom is 0.337 e. The number of hydrogen-bond acceptors (Lipinski definition) is 4. The summed E-state index contributed by atoms with van der Waals surface area (Å²) in [6.07, 6.45) is 0.950. The average molecular weight is 238 g/mol. The second kappa shape index (κ2) is 6.32. The number of aliphatic hydroxyl groups is 1. The van der Waals surface area contributed by atoms with Crippen molar-refractivity contribution in [1.82, 2.24) is 10.3 Å². The van der Waals surface area contributed by atoms with Crippen molar-refractivity contribution in [2.45, 2.75) is 26.5 Å². The number of aromatic nitrogens is 1. The standard InChI is InChI=1S/C12H18N2O3/c1-8(2)11(15)7-13-6-10-4-3-9(5-14-10)12(16)17/h3-5,8,11,13,15H,6-7H2,1-2H3,(H,16,17). The summed E-state index contributed by atoms with van der Waals surface area (Å²) >= 11 is 0. The molecule has 0 aliphatic heterocycles. The number of carboxylic acids is 1. The number of pyridine rings is 1. The molecule has 0 spiro atoms. The lowest BCUT2D eigenvalue weighted by Gasteiger charge is -2.14. The molecule has 1 aromatic heterocycles. The Hall–Kier alpha value is -1.46. The molecule has 1 unspecified atom stereocenters. The molecule has 5 heteroatoms. The zero-order valence-electron chi connectivity index (χ0n) is 10.1. The largest absolute Gasteiger partial charge is 0.478 e. The van der Waals surface area contributed by atoms with Crippen LogP contribution in [0, 0.1) is 5.92 Å². The molecule has 1 heterocycles. The SMILES string of the molecule is CC(C)C(O)CNCc1ccc(C(=O)O)cn1. The molecule has 0 saturated heterocycles. The zero-order chi connectivity index (χ0) is 12.8. The predicted molar refractivity (Wildman–Crippen MR) is 63.7 cm³/mol. The number of rotatable bonds is 6. The van der Waals surface area contributed by atoms with Gasteiger partial charge in [-0.05, 0) is 18.1 Å². The molecule has 94 valence electrons. The van der Waals surface area contributed by atoms with E-state index in [-0.39, 0.29) is 17.6 Å². The van der Waals surface area contributed by atoms with Gasteiger partial charge in [0.2, 0.25) is 0 Å². The van der Waals surface area contributed by atoms with Crippen molar-refractivity contribution in [2.24, 2.45) is 5.92 Å². The highest BCUT2D eigenvalue weighted by Gasteiger charge is 2.08. The molecule has 0 radical (unpaired) electrons. The topological polar surface area (TPSA) is 82.5 Å². The number of aliphatic hydroxyl groups excluding tert-OH is 1. The van der Waals surface area contributed by atoms with E-state index in [0.717, 1.165) is 5.69 Å². The summed E-state index contributed by atoms with van der Waals surface area (Å²) in [5.41, 5.74) is 0.932. The van der Waals surface area contributed by atoms with Crippen LogP contribution in [0.25, 0.3) is 0 Å². The van der Waals surface area contributed by atoms with Gasteiger partial charge in [0.1, 0.15) is 0 Å². The first-order chi connectivity index (χ1) is 8.00. The van der Waals surface area contributed by atoms with E-state index in [1.54, 1.807) is 6.07 Å². The monoisotopic (exact) mass is 238 g/mol. The summed E-state index contributed by atoms with van der Waals surface area (Å²) in [5, 5.41) is 21.3. The fourth-order valence-electron chi connectivity index (χ4n) is 1.24. The van der Waals surface area contributed by atoms with Gasteiger partial charge >= 0.3 is 5.97 Å². The molecule has 1 atom stereocenters. The van der Waals surface area contributed by atoms with Gasteiger partial charge in [-0.3, -0.25) is 4.98 Å². The Morgan fingerprint density at radius 1 is 1.47 bits per heavy atom. The Balaban J connectivity index is 2.40. The number of nitrogens with one attached hydrogen (secondary N) is 1. The van der Waals surface area contributed by atoms with Crippen molar-refractivity contribution in [3.8, 4) is 0 Å². The first-order valence-corrected chi connectivity index (χ1v) is 5.57. The second-order valence-corrected chi connectivity index (χ2v) is 4.29. The number of hydrogen-bond donors (Lipinski definition) is 3. The van der Waals surface area contributed by atoms with Gasteiger partial charge in [0.15, 0.2) is 0 Å². The van der Waals surface area contributed by atoms with Crippen LogP contribution < -0.4 is 5.32 Å². The van der Waals surface area contributed by atoms with Crippen LogP contribution in [-0.2, 0) is 6.54 Å². The molecule has 5 nitrogen and oxygen atoms in total. The highest BCUT2D eigenvalue weighted by Crippen LogP contribution is 2.02. The highest BCUT2D eigenvalue weighted by molar-refractivity contribution is 5.87. The minimum atomic E-state index is -0.979. The fraction of sp³-hybridized carbons (Fsp3) is 0.500. The molecule has 0 aromatic carbocycles. The molecule has 17 heavy (non-hydrogen) atoms. The summed E-state index contributed by atoms with van der Waals surface area (Å²) in [6, 6.07) is 3.18. The van der Waals surface area contributed by atoms with Crippen LogP contribution in [0.1, 0.15) is 29.9 Å². The number of carboxylic acid groups (broad SMARTS) is 1. The molecule has 0 saturated carbocycles. The van der Waals surface area contributed by atoms with Crippen LogP contribution in [0.4, 0.5) is 0 Å². The quantitative estimate of drug-likeness (QED) is 0.685. The number of nitrogens with zero attached hydrogens (tertiary/aromatic N) is 1. The van der Waals surface area contributed by atoms with Gasteiger partial charge in [0.25, 0.3) is 0 Å². The van der Waals surface area contributed by atoms with Crippen LogP contribution in [-0.4, -0.2) is 33.8 Å². The zero-order valence-corrected chi connectivity index (χ0v) is 10.1. The molecule has 0 amide bonds. The molecule has 3 N–H and O–H groups in total. The Morgan fingerprint density at radius 3 is 2.65 bits per heavy atom. The minimum Gasteiger partial charge on any atom is -0.478 e. The summed E-state index contributed by atoms with van der Waals surface area (Å²) < 4.78 is 0. The lowest BCUT2D eigenvalue weighted by atomic mass is 10.1. The van der Waals surface area contributed by atoms with E-state index >= 15 is 0 Å². The van der Waals surface area contributed by atoms with Gasteiger partial charge in [0, 0.05) is 19.3 Å². The molecule has 1 aromatic rings. The third-order valence-corrected chi connectivity index (χ3v) is 2.50. The van der Waals surface area contributed by atoms with Gasteiger partial charge in [-0.15, -0.1) is 0 Å². The third-order valence-electron chi connectivity index (χ3n) is 2.50. The predicted octanol–water partition coefficient (Wildman–Crippen LogP) is 0.886. The highest BCUT2D eigenvalue weighted by atomic mass is 16.4. The van der Waals surface area contributed by atoms with E-state index in [4.69, 9.17) is 5.11 Å². The molecule has 0 aliphatic carbocycles. The lowest BCUT2D eigenvalue weighted by molar-refractivity contribution is 0.0696. The third kappa shape index (κ3) is 4.50. The van der Waals surface area contributed by atoms with Crippen LogP contribution in [0.15, 0.2) is 18.3 Å². The number of carbonyl (C=O) groups is 1. The summed E-state index contributed by atoms with van der Waals surface area (Å²) in [7, 11) is 0. The van der Waals surface area contributed by atoms with Gasteiger partial charge in [0.05, 0.1) is 17.4 Å². The van der Waals surface area contributed by atoms with Crippen molar-refractivity contribution in [3.05, 3.63) is 29.6 Å². The smallest absolute Gasteiger partial charge is 0.337 e. The minimum absolute atomic E-state index is 0.177. The Kier molecular flexibility index (Phi) is 5.06. The number of aromatic carboxylic acids is 1. The van der Waals surface area contributed by atoms with Gasteiger partial charge in [-0.1, -0.05) is 13.8 Å². The van der Waals surface area contributed by atoms with E-state index in [1.165, 1.54) is 12.3 Å². The van der Waals surface area contributed by atoms with E-state index in [0.29, 0.717) is 13.1 Å². The fourth-order valence-corrected chi connectivity index (χ4v) is 1.24. The van der Waals surface area contributed by atoms with Crippen molar-refractivity contribution < 1.29 is 15.0 Å². The summed E-state index contributed by atoms with van der Waals surface area (Å²) in [5.74, 6) is -0.767. The van der Waals surface area contributed by atoms with Gasteiger partial charge in [-0.2, -0.15) is 0 Å². The first-order valence-electron chi connectivity index (χ1n) is 5.57. The summed E-state index contributed by atoms with van der Waals surface area (Å²) in [4.78, 5) is 14.6. The van der Waals surface area contributed by atoms with Crippen molar-refractivity contribution in [2.75, 3.05) is 6.54 Å². The van der Waals surface area contributed by atoms with E-state index in [1.807, 2.05) is 13.8 Å². The molecule has 1 rings (SSSR count). The van der Waals surface area contributed by atoms with Crippen LogP contribution in [0.2, 0.25) is 0 Å². The molecule has 0 aliphatic rings. The maximum atomic E-state index is 10.6. The van der Waals surface area contributed by atoms with Crippen LogP contribution in [0.3, 0.4) is 0 Å². The van der Waals surface area contributed by atoms with E-state index in [9.17, 15) is 9.90 Å². The van der Waals surface area contributed by atoms with Gasteiger partial charge < -0.3 is 15.5 Å². The Morgan fingerprint density at radius 2 is 2.18 bits per heavy atom. The maximum absolute atomic E-state index is 10.6. The van der Waals surface area contributed by atoms with Crippen LogP contribution in [0.5, 0.6) is 0 Å². The Bertz CT molecular complexity index is 363. The normalized spacial score (nSPS) is 12.7. The van der Waals surface area contributed by atoms with Crippen molar-refractivity contribution in [3.63, 3.8) is 0 Å². The Labute approximate surface area is 101 Å². The molecule has 0 fully saturated rings. The van der Waals surface area contributed by atoms with E-state index in [2.05, 4.69) is 10.3 Å². The van der Waals surface area contributed by atoms with Crippen molar-refractivity contribution >= 4 is 5.97 Å². The second-order valence-electron chi connectivity index (χ2n) is 4.29. The van der Waals surface area contributed by atoms with Crippen LogP contribution >= 0.6 is 0 Å². The van der Waals surface area contributed by atoms with E-state index < -0.39 is 5.97 Å². The molecular weight excluding hydrogens is 220 g/mol. The summed E-state index contributed by atoms with van der Waals surface area (Å²) in [6.45, 7) is 4.92. The first kappa shape index (κ1) is 13.6. The van der Waals surface area contributed by atoms with Crippen molar-refractivity contribution in [1.29, 1.82) is 0 Å². The average Bonchev–Trinajstić information content (AvgIpc) is 2.29. The molecular formula is C12H18N2O3. The van der Waals surface area contributed by atoms with Gasteiger partial charge in [-0.25, -0.2) is 4.79 Å². The lowest BCUT2D eigenvalue weighted by Crippen LogP contribution is -2.30. The molecule has 0 bridgehead atoms.